The summed E-state index contributed by atoms with van der Waals surface area (Å²) in [6.07, 6.45) is 5.96. The Bertz CT molecular complexity index is 136. The fourth-order valence-electron chi connectivity index (χ4n) is 2.52. The molecular weight excluding hydrogens is 126 g/mol. The molecule has 2 nitrogen and oxygen atoms in total. The Labute approximate surface area is 61.4 Å². The third kappa shape index (κ3) is 0.722. The van der Waals surface area contributed by atoms with Gasteiger partial charge in [0, 0.05) is 6.54 Å². The lowest BCUT2D eigenvalue weighted by Gasteiger charge is -2.58. The summed E-state index contributed by atoms with van der Waals surface area (Å²) in [5.41, 5.74) is 5.50. The zero-order valence-corrected chi connectivity index (χ0v) is 6.27. The summed E-state index contributed by atoms with van der Waals surface area (Å²) in [6.45, 7) is 0.453. The van der Waals surface area contributed by atoms with Crippen LogP contribution in [0.2, 0.25) is 0 Å². The van der Waals surface area contributed by atoms with Crippen LogP contribution in [0, 0.1) is 5.41 Å². The van der Waals surface area contributed by atoms with E-state index in [1.165, 1.54) is 19.3 Å². The lowest BCUT2D eigenvalue weighted by Crippen LogP contribution is -2.58. The van der Waals surface area contributed by atoms with E-state index in [9.17, 15) is 5.11 Å². The first-order chi connectivity index (χ1) is 4.68. The predicted octanol–water partition coefficient (Wildman–Crippen LogP) is 0.640. The van der Waals surface area contributed by atoms with Gasteiger partial charge in [-0.2, -0.15) is 0 Å². The third-order valence-electron chi connectivity index (χ3n) is 3.20. The second-order valence-corrected chi connectivity index (χ2v) is 4.14. The Morgan fingerprint density at radius 1 is 1.30 bits per heavy atom. The third-order valence-corrected chi connectivity index (χ3v) is 3.20. The molecule has 0 unspecified atom stereocenters. The van der Waals surface area contributed by atoms with Crippen molar-refractivity contribution in [1.29, 1.82) is 0 Å². The van der Waals surface area contributed by atoms with Crippen LogP contribution in [-0.4, -0.2) is 17.3 Å². The second-order valence-electron chi connectivity index (χ2n) is 4.14. The van der Waals surface area contributed by atoms with E-state index in [2.05, 4.69) is 0 Å². The van der Waals surface area contributed by atoms with Crippen LogP contribution in [0.5, 0.6) is 0 Å². The van der Waals surface area contributed by atoms with Crippen LogP contribution in [-0.2, 0) is 0 Å². The van der Waals surface area contributed by atoms with Crippen LogP contribution >= 0.6 is 0 Å². The van der Waals surface area contributed by atoms with Crippen molar-refractivity contribution in [2.45, 2.75) is 37.7 Å². The van der Waals surface area contributed by atoms with Crippen LogP contribution < -0.4 is 5.73 Å². The standard InChI is InChI=1S/C8H15NO/c9-6-8(10)4-7(5-8)2-1-3-7/h10H,1-6,9H2. The lowest BCUT2D eigenvalue weighted by molar-refractivity contribution is -0.155. The van der Waals surface area contributed by atoms with E-state index >= 15 is 0 Å². The molecule has 2 aliphatic rings. The Morgan fingerprint density at radius 3 is 2.20 bits per heavy atom. The van der Waals surface area contributed by atoms with Gasteiger partial charge in [-0.05, 0) is 31.1 Å². The summed E-state index contributed by atoms with van der Waals surface area (Å²) in [5, 5.41) is 9.59. The highest BCUT2D eigenvalue weighted by atomic mass is 16.3. The van der Waals surface area contributed by atoms with Crippen molar-refractivity contribution < 1.29 is 5.11 Å². The summed E-state index contributed by atoms with van der Waals surface area (Å²) < 4.78 is 0. The fraction of sp³-hybridized carbons (Fsp3) is 1.00. The number of rotatable bonds is 1. The molecule has 2 heteroatoms. The van der Waals surface area contributed by atoms with Gasteiger partial charge in [0.25, 0.3) is 0 Å². The van der Waals surface area contributed by atoms with E-state index < -0.39 is 5.60 Å². The number of nitrogens with two attached hydrogens (primary N) is 1. The van der Waals surface area contributed by atoms with E-state index in [1.54, 1.807) is 0 Å². The summed E-state index contributed by atoms with van der Waals surface area (Å²) in [7, 11) is 0. The van der Waals surface area contributed by atoms with Crippen molar-refractivity contribution in [3.63, 3.8) is 0 Å². The summed E-state index contributed by atoms with van der Waals surface area (Å²) in [4.78, 5) is 0. The molecule has 58 valence electrons. The highest BCUT2D eigenvalue weighted by molar-refractivity contribution is 5.08. The van der Waals surface area contributed by atoms with Crippen LogP contribution in [0.1, 0.15) is 32.1 Å². The SMILES string of the molecule is NCC1(O)CC2(CCC2)C1. The van der Waals surface area contributed by atoms with Gasteiger partial charge in [-0.15, -0.1) is 0 Å². The molecule has 2 saturated carbocycles. The highest BCUT2D eigenvalue weighted by Crippen LogP contribution is 2.59. The zero-order chi connectivity index (χ0) is 7.24. The quantitative estimate of drug-likeness (QED) is 0.563. The molecule has 1 spiro atoms. The van der Waals surface area contributed by atoms with Gasteiger partial charge in [-0.25, -0.2) is 0 Å². The van der Waals surface area contributed by atoms with Crippen molar-refractivity contribution in [2.24, 2.45) is 11.1 Å². The van der Waals surface area contributed by atoms with Crippen molar-refractivity contribution >= 4 is 0 Å². The average Bonchev–Trinajstić information content (AvgIpc) is 1.77. The van der Waals surface area contributed by atoms with Gasteiger partial charge >= 0.3 is 0 Å². The monoisotopic (exact) mass is 141 g/mol. The van der Waals surface area contributed by atoms with Gasteiger partial charge in [0.1, 0.15) is 0 Å². The second kappa shape index (κ2) is 1.74. The molecular formula is C8H15NO. The largest absolute Gasteiger partial charge is 0.389 e. The first-order valence-corrected chi connectivity index (χ1v) is 4.11. The molecule has 0 atom stereocenters. The van der Waals surface area contributed by atoms with Crippen LogP contribution in [0.15, 0.2) is 0 Å². The predicted molar refractivity (Wildman–Crippen MR) is 39.5 cm³/mol. The van der Waals surface area contributed by atoms with Gasteiger partial charge in [-0.1, -0.05) is 6.42 Å². The maximum Gasteiger partial charge on any atom is 0.0780 e. The smallest absolute Gasteiger partial charge is 0.0780 e. The normalized spacial score (nSPS) is 33.0. The van der Waals surface area contributed by atoms with Crippen molar-refractivity contribution in [2.75, 3.05) is 6.54 Å². The van der Waals surface area contributed by atoms with E-state index in [-0.39, 0.29) is 0 Å². The van der Waals surface area contributed by atoms with Gasteiger partial charge in [0.05, 0.1) is 5.60 Å². The zero-order valence-electron chi connectivity index (χ0n) is 6.27. The van der Waals surface area contributed by atoms with Crippen molar-refractivity contribution in [1.82, 2.24) is 0 Å². The Hall–Kier alpha value is -0.0800. The van der Waals surface area contributed by atoms with E-state index in [1.807, 2.05) is 0 Å². The molecule has 0 bridgehead atoms. The average molecular weight is 141 g/mol. The Kier molecular flexibility index (Phi) is 1.15. The molecule has 0 aromatic carbocycles. The van der Waals surface area contributed by atoms with Crippen molar-refractivity contribution in [3.8, 4) is 0 Å². The highest BCUT2D eigenvalue weighted by Gasteiger charge is 2.55. The van der Waals surface area contributed by atoms with Crippen LogP contribution in [0.25, 0.3) is 0 Å². The molecule has 3 N–H and O–H groups in total. The molecule has 2 rings (SSSR count). The van der Waals surface area contributed by atoms with Gasteiger partial charge in [-0.3, -0.25) is 0 Å². The Balaban J connectivity index is 1.92. The van der Waals surface area contributed by atoms with Gasteiger partial charge < -0.3 is 10.8 Å². The van der Waals surface area contributed by atoms with Gasteiger partial charge in [0.15, 0.2) is 0 Å². The van der Waals surface area contributed by atoms with Gasteiger partial charge in [0.2, 0.25) is 0 Å². The minimum atomic E-state index is -0.472. The molecule has 10 heavy (non-hydrogen) atoms. The number of aliphatic hydroxyl groups is 1. The maximum atomic E-state index is 9.59. The van der Waals surface area contributed by atoms with Crippen molar-refractivity contribution in [3.05, 3.63) is 0 Å². The maximum absolute atomic E-state index is 9.59. The lowest BCUT2D eigenvalue weighted by atomic mass is 9.50. The van der Waals surface area contributed by atoms with E-state index in [0.29, 0.717) is 12.0 Å². The number of hydrogen-bond donors (Lipinski definition) is 2. The topological polar surface area (TPSA) is 46.2 Å². The van der Waals surface area contributed by atoms with Crippen LogP contribution in [0.4, 0.5) is 0 Å². The molecule has 0 aliphatic heterocycles. The first kappa shape index (κ1) is 6.62. The molecule has 0 heterocycles. The molecule has 0 aromatic rings. The van der Waals surface area contributed by atoms with Crippen LogP contribution in [0.3, 0.4) is 0 Å². The molecule has 0 amide bonds. The molecule has 2 aliphatic carbocycles. The van der Waals surface area contributed by atoms with E-state index in [4.69, 9.17) is 5.73 Å². The first-order valence-electron chi connectivity index (χ1n) is 4.11. The summed E-state index contributed by atoms with van der Waals surface area (Å²) in [5.74, 6) is 0. The minimum Gasteiger partial charge on any atom is -0.389 e. The minimum absolute atomic E-state index is 0.453. The fourth-order valence-corrected chi connectivity index (χ4v) is 2.52. The molecule has 2 fully saturated rings. The van der Waals surface area contributed by atoms with E-state index in [0.717, 1.165) is 12.8 Å². The molecule has 0 saturated heterocycles. The molecule has 0 radical (unpaired) electrons. The summed E-state index contributed by atoms with van der Waals surface area (Å²) >= 11 is 0. The Morgan fingerprint density at radius 2 is 1.90 bits per heavy atom. The molecule has 0 aromatic heterocycles. The number of hydrogen-bond acceptors (Lipinski definition) is 2. The summed E-state index contributed by atoms with van der Waals surface area (Å²) in [6, 6.07) is 0.